The summed E-state index contributed by atoms with van der Waals surface area (Å²) in [6.45, 7) is 4.42. The fraction of sp³-hybridized carbons (Fsp3) is 0.267. The predicted octanol–water partition coefficient (Wildman–Crippen LogP) is 4.45. The highest BCUT2D eigenvalue weighted by atomic mass is 16.6. The van der Waals surface area contributed by atoms with E-state index in [0.717, 1.165) is 77.6 Å². The minimum Gasteiger partial charge on any atom is -0.508 e. The molecule has 3 aromatic carbocycles. The lowest BCUT2D eigenvalue weighted by Crippen LogP contribution is -2.41. The molecule has 9 nitrogen and oxygen atoms in total. The van der Waals surface area contributed by atoms with E-state index >= 15 is 0 Å². The summed E-state index contributed by atoms with van der Waals surface area (Å²) in [7, 11) is 1.57. The molecule has 0 radical (unpaired) electrons. The van der Waals surface area contributed by atoms with Crippen LogP contribution in [-0.4, -0.2) is 72.8 Å². The van der Waals surface area contributed by atoms with Gasteiger partial charge in [-0.3, -0.25) is 10.00 Å². The first-order valence-electron chi connectivity index (χ1n) is 13.0. The van der Waals surface area contributed by atoms with Crippen LogP contribution in [0.5, 0.6) is 17.2 Å². The molecule has 0 bridgehead atoms. The fourth-order valence-corrected chi connectivity index (χ4v) is 5.16. The van der Waals surface area contributed by atoms with E-state index in [1.165, 1.54) is 0 Å². The first-order chi connectivity index (χ1) is 19.1. The van der Waals surface area contributed by atoms with Crippen LogP contribution in [0.1, 0.15) is 11.1 Å². The Bertz CT molecular complexity index is 1470. The van der Waals surface area contributed by atoms with Gasteiger partial charge >= 0.3 is 6.09 Å². The number of aromatic nitrogens is 2. The van der Waals surface area contributed by atoms with E-state index in [1.807, 2.05) is 24.3 Å². The number of rotatable bonds is 7. The number of carbonyl (C=O) groups excluding carboxylic acids is 1. The molecule has 1 fully saturated rings. The number of morpholine rings is 1. The Morgan fingerprint density at radius 3 is 2.44 bits per heavy atom. The zero-order valence-corrected chi connectivity index (χ0v) is 21.7. The molecule has 1 aromatic heterocycles. The molecule has 9 heteroatoms. The minimum atomic E-state index is -0.515. The second-order valence-electron chi connectivity index (χ2n) is 9.66. The molecule has 39 heavy (non-hydrogen) atoms. The number of phenolic OH excluding ortho intramolecular Hbond substituents is 1. The molecule has 1 aliphatic heterocycles. The Balaban J connectivity index is 1.17. The Hall–Kier alpha value is -4.34. The molecule has 0 spiro atoms. The van der Waals surface area contributed by atoms with Gasteiger partial charge in [0, 0.05) is 49.3 Å². The molecule has 2 aliphatic rings. The van der Waals surface area contributed by atoms with Crippen LogP contribution in [0.15, 0.2) is 60.7 Å². The molecule has 4 aromatic rings. The standard InChI is InChI=1S/C30H30N4O5/c1-37-26-17-22-16-25-28(21-4-2-19(3-5-21)20-6-8-23(35)9-7-20)32-33-29(25)24(22)18-27(26)39-30(36)31-10-11-34-12-14-38-15-13-34/h2-9,17-18,35H,10-16H2,1H3,(H,31,36)(H,32,33). The maximum Gasteiger partial charge on any atom is 0.412 e. The first kappa shape index (κ1) is 25.0. The average Bonchev–Trinajstić information content (AvgIpc) is 3.53. The minimum absolute atomic E-state index is 0.247. The number of nitrogens with zero attached hydrogens (tertiary/aromatic N) is 2. The van der Waals surface area contributed by atoms with Crippen molar-refractivity contribution in [3.63, 3.8) is 0 Å². The predicted molar refractivity (Wildman–Crippen MR) is 147 cm³/mol. The van der Waals surface area contributed by atoms with Gasteiger partial charge in [0.25, 0.3) is 0 Å². The highest BCUT2D eigenvalue weighted by Gasteiger charge is 2.28. The number of aromatic amines is 1. The van der Waals surface area contributed by atoms with Gasteiger partial charge in [0.1, 0.15) is 5.75 Å². The zero-order valence-electron chi connectivity index (χ0n) is 21.7. The van der Waals surface area contributed by atoms with E-state index in [4.69, 9.17) is 14.2 Å². The van der Waals surface area contributed by atoms with Gasteiger partial charge < -0.3 is 24.6 Å². The van der Waals surface area contributed by atoms with Gasteiger partial charge in [0.2, 0.25) is 0 Å². The van der Waals surface area contributed by atoms with Crippen LogP contribution in [0.25, 0.3) is 33.6 Å². The van der Waals surface area contributed by atoms with Gasteiger partial charge in [-0.25, -0.2) is 4.79 Å². The van der Waals surface area contributed by atoms with Crippen LogP contribution in [-0.2, 0) is 11.2 Å². The Morgan fingerprint density at radius 2 is 1.72 bits per heavy atom. The van der Waals surface area contributed by atoms with Crippen LogP contribution in [0, 0.1) is 0 Å². The number of fused-ring (bicyclic) bond motifs is 3. The van der Waals surface area contributed by atoms with Gasteiger partial charge in [-0.15, -0.1) is 0 Å². The molecular formula is C30H30N4O5. The first-order valence-corrected chi connectivity index (χ1v) is 13.0. The molecule has 1 saturated heterocycles. The Morgan fingerprint density at radius 1 is 1.03 bits per heavy atom. The lowest BCUT2D eigenvalue weighted by molar-refractivity contribution is 0.0385. The summed E-state index contributed by atoms with van der Waals surface area (Å²) < 4.78 is 16.6. The third-order valence-electron chi connectivity index (χ3n) is 7.26. The second kappa shape index (κ2) is 10.8. The molecule has 1 aliphatic carbocycles. The van der Waals surface area contributed by atoms with Gasteiger partial charge in [0.15, 0.2) is 11.5 Å². The van der Waals surface area contributed by atoms with E-state index in [-0.39, 0.29) is 5.75 Å². The SMILES string of the molecule is COc1cc2c(cc1OC(=O)NCCN1CCOCC1)-c1[nH]nc(-c3ccc(-c4ccc(O)cc4)cc3)c1C2. The fourth-order valence-electron chi connectivity index (χ4n) is 5.16. The third-order valence-corrected chi connectivity index (χ3v) is 7.26. The van der Waals surface area contributed by atoms with Gasteiger partial charge in [-0.05, 0) is 41.0 Å². The van der Waals surface area contributed by atoms with Crippen molar-refractivity contribution in [1.29, 1.82) is 0 Å². The topological polar surface area (TPSA) is 109 Å². The van der Waals surface area contributed by atoms with Gasteiger partial charge in [0.05, 0.1) is 31.7 Å². The monoisotopic (exact) mass is 526 g/mol. The van der Waals surface area contributed by atoms with Crippen molar-refractivity contribution in [1.82, 2.24) is 20.4 Å². The van der Waals surface area contributed by atoms with E-state index in [9.17, 15) is 9.90 Å². The number of nitrogens with one attached hydrogen (secondary N) is 2. The number of carbonyl (C=O) groups is 1. The smallest absolute Gasteiger partial charge is 0.412 e. The summed E-state index contributed by atoms with van der Waals surface area (Å²) in [5.74, 6) is 1.12. The number of hydrogen-bond acceptors (Lipinski definition) is 7. The van der Waals surface area contributed by atoms with Crippen LogP contribution in [0.4, 0.5) is 4.79 Å². The van der Waals surface area contributed by atoms with Crippen molar-refractivity contribution in [2.24, 2.45) is 0 Å². The number of ether oxygens (including phenoxy) is 3. The summed E-state index contributed by atoms with van der Waals surface area (Å²) in [5.41, 5.74) is 8.03. The molecule has 3 N–H and O–H groups in total. The number of aromatic hydroxyl groups is 1. The number of hydrogen-bond donors (Lipinski definition) is 3. The number of amides is 1. The summed E-state index contributed by atoms with van der Waals surface area (Å²) in [6, 6.07) is 19.1. The number of phenols is 1. The molecule has 0 unspecified atom stereocenters. The van der Waals surface area contributed by atoms with Crippen LogP contribution in [0.3, 0.4) is 0 Å². The summed E-state index contributed by atoms with van der Waals surface area (Å²) in [4.78, 5) is 14.8. The van der Waals surface area contributed by atoms with Crippen LogP contribution >= 0.6 is 0 Å². The largest absolute Gasteiger partial charge is 0.508 e. The van der Waals surface area contributed by atoms with Crippen molar-refractivity contribution < 1.29 is 24.1 Å². The van der Waals surface area contributed by atoms with E-state index in [1.54, 1.807) is 19.2 Å². The average molecular weight is 527 g/mol. The molecule has 0 atom stereocenters. The third kappa shape index (κ3) is 5.19. The summed E-state index contributed by atoms with van der Waals surface area (Å²) >= 11 is 0. The summed E-state index contributed by atoms with van der Waals surface area (Å²) in [6.07, 6.45) is 0.178. The van der Waals surface area contributed by atoms with E-state index in [2.05, 4.69) is 44.7 Å². The van der Waals surface area contributed by atoms with Crippen LogP contribution < -0.4 is 14.8 Å². The molecule has 2 heterocycles. The van der Waals surface area contributed by atoms with Gasteiger partial charge in [-0.1, -0.05) is 36.4 Å². The lowest BCUT2D eigenvalue weighted by atomic mass is 10.0. The second-order valence-corrected chi connectivity index (χ2v) is 9.66. The number of methoxy groups -OCH3 is 1. The van der Waals surface area contributed by atoms with E-state index < -0.39 is 6.09 Å². The molecule has 0 saturated carbocycles. The van der Waals surface area contributed by atoms with Crippen molar-refractivity contribution in [3.05, 3.63) is 71.8 Å². The van der Waals surface area contributed by atoms with Crippen LogP contribution in [0.2, 0.25) is 0 Å². The Labute approximate surface area is 226 Å². The molecule has 1 amide bonds. The van der Waals surface area contributed by atoms with E-state index in [0.29, 0.717) is 24.5 Å². The number of H-pyrrole nitrogens is 1. The quantitative estimate of drug-likeness (QED) is 0.288. The van der Waals surface area contributed by atoms with Crippen molar-refractivity contribution in [2.45, 2.75) is 6.42 Å². The molecule has 200 valence electrons. The highest BCUT2D eigenvalue weighted by Crippen LogP contribution is 2.45. The van der Waals surface area contributed by atoms with Gasteiger partial charge in [-0.2, -0.15) is 5.10 Å². The Kier molecular flexibility index (Phi) is 6.91. The number of benzene rings is 3. The maximum absolute atomic E-state index is 12.5. The highest BCUT2D eigenvalue weighted by molar-refractivity contribution is 5.84. The lowest BCUT2D eigenvalue weighted by Gasteiger charge is -2.26. The van der Waals surface area contributed by atoms with Crippen molar-refractivity contribution >= 4 is 6.09 Å². The molecular weight excluding hydrogens is 496 g/mol. The van der Waals surface area contributed by atoms with Crippen molar-refractivity contribution in [2.75, 3.05) is 46.5 Å². The summed E-state index contributed by atoms with van der Waals surface area (Å²) in [5, 5.41) is 20.2. The van der Waals surface area contributed by atoms with Crippen molar-refractivity contribution in [3.8, 4) is 50.9 Å². The normalized spacial score (nSPS) is 14.5. The zero-order chi connectivity index (χ0) is 26.8. The molecule has 6 rings (SSSR count). The maximum atomic E-state index is 12.5.